The van der Waals surface area contributed by atoms with Crippen molar-refractivity contribution in [1.29, 1.82) is 0 Å². The molecule has 2 N–H and O–H groups in total. The number of amides is 3. The molecule has 3 aliphatic rings. The van der Waals surface area contributed by atoms with Gasteiger partial charge in [0.2, 0.25) is 5.91 Å². The molecule has 1 saturated carbocycles. The minimum atomic E-state index is -0.743. The molecule has 28 heavy (non-hydrogen) atoms. The Kier molecular flexibility index (Phi) is 5.24. The predicted octanol–water partition coefficient (Wildman–Crippen LogP) is 2.74. The lowest BCUT2D eigenvalue weighted by atomic mass is 9.97. The maximum Gasteiger partial charge on any atom is 0.320 e. The zero-order valence-corrected chi connectivity index (χ0v) is 16.0. The molecule has 1 aliphatic carbocycles. The number of anilines is 1. The molecule has 2 heterocycles. The molecule has 3 amide bonds. The van der Waals surface area contributed by atoms with E-state index in [1.165, 1.54) is 0 Å². The lowest BCUT2D eigenvalue weighted by molar-refractivity contribution is -0.138. The molecule has 150 valence electrons. The number of nitrogens with zero attached hydrogens (tertiary/aromatic N) is 2. The van der Waals surface area contributed by atoms with Gasteiger partial charge in [0.1, 0.15) is 0 Å². The molecule has 7 heteroatoms. The second-order valence-corrected chi connectivity index (χ2v) is 8.16. The molecule has 1 aromatic carbocycles. The number of carboxylic acids is 1. The first-order chi connectivity index (χ1) is 13.5. The maximum absolute atomic E-state index is 12.7. The highest BCUT2D eigenvalue weighted by molar-refractivity contribution is 5.93. The number of hydrogen-bond donors (Lipinski definition) is 2. The van der Waals surface area contributed by atoms with Crippen LogP contribution in [-0.4, -0.2) is 59.0 Å². The molecule has 0 aromatic heterocycles. The monoisotopic (exact) mass is 385 g/mol. The van der Waals surface area contributed by atoms with Gasteiger partial charge in [-0.15, -0.1) is 0 Å². The Labute approximate surface area is 164 Å². The summed E-state index contributed by atoms with van der Waals surface area (Å²) in [6.45, 7) is 2.84. The number of nitrogens with one attached hydrogen (secondary N) is 1. The van der Waals surface area contributed by atoms with Crippen LogP contribution in [-0.2, 0) is 9.59 Å². The summed E-state index contributed by atoms with van der Waals surface area (Å²) in [6, 6.07) is 7.53. The van der Waals surface area contributed by atoms with Crippen molar-refractivity contribution < 1.29 is 19.5 Å². The Hall–Kier alpha value is -2.57. The third-order valence-corrected chi connectivity index (χ3v) is 6.15. The van der Waals surface area contributed by atoms with Crippen LogP contribution in [0.5, 0.6) is 0 Å². The van der Waals surface area contributed by atoms with Gasteiger partial charge in [0.05, 0.1) is 11.8 Å². The van der Waals surface area contributed by atoms with Gasteiger partial charge in [0.25, 0.3) is 0 Å². The third-order valence-electron chi connectivity index (χ3n) is 6.15. The predicted molar refractivity (Wildman–Crippen MR) is 104 cm³/mol. The molecule has 7 nitrogen and oxygen atoms in total. The topological polar surface area (TPSA) is 90.0 Å². The molecule has 0 radical (unpaired) electrons. The van der Waals surface area contributed by atoms with Crippen molar-refractivity contribution in [3.8, 4) is 0 Å². The summed E-state index contributed by atoms with van der Waals surface area (Å²) in [7, 11) is 0. The van der Waals surface area contributed by atoms with Gasteiger partial charge in [-0.05, 0) is 55.7 Å². The highest BCUT2D eigenvalue weighted by Gasteiger charge is 2.44. The van der Waals surface area contributed by atoms with Crippen molar-refractivity contribution in [3.63, 3.8) is 0 Å². The molecule has 3 atom stereocenters. The normalized spacial score (nSPS) is 26.8. The summed E-state index contributed by atoms with van der Waals surface area (Å²) >= 11 is 0. The van der Waals surface area contributed by atoms with Gasteiger partial charge in [0, 0.05) is 31.9 Å². The number of aliphatic carboxylic acids is 1. The number of carbonyl (C=O) groups is 3. The Morgan fingerprint density at radius 1 is 0.964 bits per heavy atom. The Morgan fingerprint density at radius 3 is 2.29 bits per heavy atom. The van der Waals surface area contributed by atoms with Crippen molar-refractivity contribution in [2.24, 2.45) is 11.8 Å². The van der Waals surface area contributed by atoms with Crippen molar-refractivity contribution in [2.75, 3.05) is 31.5 Å². The van der Waals surface area contributed by atoms with Crippen molar-refractivity contribution in [2.45, 2.75) is 38.0 Å². The van der Waals surface area contributed by atoms with Gasteiger partial charge in [0.15, 0.2) is 0 Å². The molecule has 1 unspecified atom stereocenters. The SMILES string of the molecule is O=C(Nc1ccc([C@@H]2C[C@H]2C(=O)O)cc1)C1CCCN(C(=O)N2CCCC2)C1. The third kappa shape index (κ3) is 3.98. The van der Waals surface area contributed by atoms with E-state index in [4.69, 9.17) is 5.11 Å². The summed E-state index contributed by atoms with van der Waals surface area (Å²) in [6.07, 6.45) is 4.44. The van der Waals surface area contributed by atoms with E-state index in [-0.39, 0.29) is 29.7 Å². The lowest BCUT2D eigenvalue weighted by Crippen LogP contribution is -2.48. The van der Waals surface area contributed by atoms with Crippen molar-refractivity contribution in [1.82, 2.24) is 9.80 Å². The number of benzene rings is 1. The fourth-order valence-corrected chi connectivity index (χ4v) is 4.37. The largest absolute Gasteiger partial charge is 0.481 e. The number of urea groups is 1. The molecular weight excluding hydrogens is 358 g/mol. The van der Waals surface area contributed by atoms with Gasteiger partial charge in [-0.3, -0.25) is 9.59 Å². The Bertz CT molecular complexity index is 757. The first-order valence-corrected chi connectivity index (χ1v) is 10.2. The smallest absolute Gasteiger partial charge is 0.320 e. The summed E-state index contributed by atoms with van der Waals surface area (Å²) in [5.74, 6) is -1.18. The number of likely N-dealkylation sites (tertiary alicyclic amines) is 2. The lowest BCUT2D eigenvalue weighted by Gasteiger charge is -2.34. The van der Waals surface area contributed by atoms with Gasteiger partial charge < -0.3 is 20.2 Å². The molecule has 1 aromatic rings. The minimum Gasteiger partial charge on any atom is -0.481 e. The number of piperidine rings is 1. The zero-order valence-electron chi connectivity index (χ0n) is 16.0. The van der Waals surface area contributed by atoms with Gasteiger partial charge in [-0.2, -0.15) is 0 Å². The molecule has 2 saturated heterocycles. The fourth-order valence-electron chi connectivity index (χ4n) is 4.37. The van der Waals surface area contributed by atoms with Crippen LogP contribution in [0.3, 0.4) is 0 Å². The number of hydrogen-bond acceptors (Lipinski definition) is 3. The standard InChI is InChI=1S/C21H27N3O4/c25-19(15-4-3-11-24(13-15)21(28)23-9-1-2-10-23)22-16-7-5-14(6-8-16)17-12-18(17)20(26)27/h5-8,15,17-18H,1-4,9-13H2,(H,22,25)(H,26,27)/t15?,17-,18+/m0/s1. The van der Waals surface area contributed by atoms with E-state index in [9.17, 15) is 14.4 Å². The fraction of sp³-hybridized carbons (Fsp3) is 0.571. The Balaban J connectivity index is 1.31. The second-order valence-electron chi connectivity index (χ2n) is 8.16. The van der Waals surface area contributed by atoms with Crippen molar-refractivity contribution >= 4 is 23.6 Å². The second kappa shape index (κ2) is 7.81. The average molecular weight is 385 g/mol. The number of rotatable bonds is 4. The van der Waals surface area contributed by atoms with E-state index in [1.54, 1.807) is 0 Å². The first kappa shape index (κ1) is 18.8. The highest BCUT2D eigenvalue weighted by atomic mass is 16.4. The van der Waals surface area contributed by atoms with Crippen LogP contribution >= 0.6 is 0 Å². The van der Waals surface area contributed by atoms with Crippen LogP contribution in [0.15, 0.2) is 24.3 Å². The van der Waals surface area contributed by atoms with Gasteiger partial charge in [-0.25, -0.2) is 4.79 Å². The first-order valence-electron chi connectivity index (χ1n) is 10.2. The number of carbonyl (C=O) groups excluding carboxylic acids is 2. The Morgan fingerprint density at radius 2 is 1.64 bits per heavy atom. The summed E-state index contributed by atoms with van der Waals surface area (Å²) in [5, 5.41) is 12.0. The zero-order chi connectivity index (χ0) is 19.7. The van der Waals surface area contributed by atoms with E-state index >= 15 is 0 Å². The van der Waals surface area contributed by atoms with Crippen LogP contribution in [0.2, 0.25) is 0 Å². The molecule has 3 fully saturated rings. The summed E-state index contributed by atoms with van der Waals surface area (Å²) in [4.78, 5) is 40.0. The molecule has 0 spiro atoms. The van der Waals surface area contributed by atoms with E-state index < -0.39 is 5.97 Å². The number of carboxylic acid groups (broad SMARTS) is 1. The molecule has 2 aliphatic heterocycles. The van der Waals surface area contributed by atoms with Gasteiger partial charge in [-0.1, -0.05) is 12.1 Å². The van der Waals surface area contributed by atoms with Crippen LogP contribution in [0, 0.1) is 11.8 Å². The van der Waals surface area contributed by atoms with E-state index in [1.807, 2.05) is 34.1 Å². The molecule has 4 rings (SSSR count). The van der Waals surface area contributed by atoms with E-state index in [0.29, 0.717) is 18.7 Å². The van der Waals surface area contributed by atoms with Crippen LogP contribution in [0.1, 0.15) is 43.6 Å². The van der Waals surface area contributed by atoms with Crippen LogP contribution in [0.4, 0.5) is 10.5 Å². The molecule has 0 bridgehead atoms. The minimum absolute atomic E-state index is 0.0542. The van der Waals surface area contributed by atoms with Gasteiger partial charge >= 0.3 is 12.0 Å². The summed E-state index contributed by atoms with van der Waals surface area (Å²) < 4.78 is 0. The van der Waals surface area contributed by atoms with Crippen LogP contribution in [0.25, 0.3) is 0 Å². The maximum atomic E-state index is 12.7. The quantitative estimate of drug-likeness (QED) is 0.834. The summed E-state index contributed by atoms with van der Waals surface area (Å²) in [5.41, 5.74) is 1.72. The van der Waals surface area contributed by atoms with Crippen LogP contribution < -0.4 is 5.32 Å². The van der Waals surface area contributed by atoms with E-state index in [0.717, 1.165) is 50.9 Å². The van der Waals surface area contributed by atoms with E-state index in [2.05, 4.69) is 5.32 Å². The molecular formula is C21H27N3O4. The average Bonchev–Trinajstić information content (AvgIpc) is 3.33. The van der Waals surface area contributed by atoms with Crippen molar-refractivity contribution in [3.05, 3.63) is 29.8 Å². The highest BCUT2D eigenvalue weighted by Crippen LogP contribution is 2.47.